The molecule has 2 aromatic carbocycles. The molecule has 0 amide bonds. The van der Waals surface area contributed by atoms with E-state index in [1.54, 1.807) is 6.07 Å². The van der Waals surface area contributed by atoms with Crippen molar-refractivity contribution in [3.8, 4) is 0 Å². The van der Waals surface area contributed by atoms with Gasteiger partial charge in [-0.1, -0.05) is 36.4 Å². The Morgan fingerprint density at radius 1 is 0.963 bits per heavy atom. The van der Waals surface area contributed by atoms with E-state index in [0.29, 0.717) is 5.69 Å². The van der Waals surface area contributed by atoms with Crippen LogP contribution in [0.3, 0.4) is 0 Å². The van der Waals surface area contributed by atoms with Crippen LogP contribution in [0.15, 0.2) is 67.0 Å². The van der Waals surface area contributed by atoms with Crippen molar-refractivity contribution in [2.24, 2.45) is 0 Å². The maximum absolute atomic E-state index is 11.5. The summed E-state index contributed by atoms with van der Waals surface area (Å²) in [6, 6.07) is 17.9. The first kappa shape index (κ1) is 17.5. The number of nitrogens with zero attached hydrogens (tertiary/aromatic N) is 1. The predicted molar refractivity (Wildman–Crippen MR) is 110 cm³/mol. The number of hydrogen-bond acceptors (Lipinski definition) is 3. The second kappa shape index (κ2) is 7.00. The number of hydrogen-bond donors (Lipinski definition) is 1. The zero-order chi connectivity index (χ0) is 18.9. The monoisotopic (exact) mass is 376 g/mol. The normalized spacial score (nSPS) is 14.9. The molecule has 136 valence electrons. The molecule has 0 fully saturated rings. The number of benzene rings is 2. The Morgan fingerprint density at radius 2 is 1.74 bits per heavy atom. The van der Waals surface area contributed by atoms with Gasteiger partial charge in [-0.05, 0) is 70.5 Å². The van der Waals surface area contributed by atoms with Gasteiger partial charge < -0.3 is 0 Å². The summed E-state index contributed by atoms with van der Waals surface area (Å²) in [5.41, 5.74) is 7.56. The molecule has 0 aliphatic heterocycles. The maximum Gasteiger partial charge on any atom is 0.229 e. The van der Waals surface area contributed by atoms with E-state index in [0.717, 1.165) is 30.2 Å². The van der Waals surface area contributed by atoms with Gasteiger partial charge in [0.2, 0.25) is 10.0 Å². The van der Waals surface area contributed by atoms with Crippen molar-refractivity contribution in [2.45, 2.75) is 12.8 Å². The third-order valence-electron chi connectivity index (χ3n) is 4.67. The van der Waals surface area contributed by atoms with Crippen LogP contribution in [0.5, 0.6) is 0 Å². The van der Waals surface area contributed by atoms with Crippen molar-refractivity contribution in [3.63, 3.8) is 0 Å². The van der Waals surface area contributed by atoms with Crippen LogP contribution in [0.2, 0.25) is 0 Å². The molecule has 4 nitrogen and oxygen atoms in total. The predicted octanol–water partition coefficient (Wildman–Crippen LogP) is 4.14. The number of sulfonamides is 1. The molecule has 0 bridgehead atoms. The van der Waals surface area contributed by atoms with Gasteiger partial charge in [-0.15, -0.1) is 0 Å². The van der Waals surface area contributed by atoms with Crippen LogP contribution in [0.1, 0.15) is 27.8 Å². The third-order valence-corrected chi connectivity index (χ3v) is 5.27. The summed E-state index contributed by atoms with van der Waals surface area (Å²) in [4.78, 5) is 4.29. The Labute approximate surface area is 159 Å². The molecule has 4 rings (SSSR count). The highest BCUT2D eigenvalue weighted by atomic mass is 32.2. The lowest BCUT2D eigenvalue weighted by molar-refractivity contribution is 0.607. The molecule has 5 heteroatoms. The lowest BCUT2D eigenvalue weighted by atomic mass is 9.93. The fourth-order valence-electron chi connectivity index (χ4n) is 3.53. The Bertz CT molecular complexity index is 1080. The molecule has 0 unspecified atom stereocenters. The van der Waals surface area contributed by atoms with Gasteiger partial charge in [0, 0.05) is 18.1 Å². The minimum absolute atomic E-state index is 0.559. The fraction of sp³-hybridized carbons (Fsp3) is 0.136. The SMILES string of the molecule is CS(=O)(=O)Nc1cccc(/C=C2\c3ccccc3CCc3cnccc32)c1. The third kappa shape index (κ3) is 3.93. The summed E-state index contributed by atoms with van der Waals surface area (Å²) in [5.74, 6) is 0. The summed E-state index contributed by atoms with van der Waals surface area (Å²) < 4.78 is 25.6. The van der Waals surface area contributed by atoms with Crippen LogP contribution < -0.4 is 4.72 Å². The Kier molecular flexibility index (Phi) is 4.54. The number of fused-ring (bicyclic) bond motifs is 2. The number of aryl methyl sites for hydroxylation is 2. The molecule has 3 aromatic rings. The van der Waals surface area contributed by atoms with Crippen LogP contribution in [0.4, 0.5) is 5.69 Å². The van der Waals surface area contributed by atoms with Crippen LogP contribution in [0, 0.1) is 0 Å². The Morgan fingerprint density at radius 3 is 2.59 bits per heavy atom. The fourth-order valence-corrected chi connectivity index (χ4v) is 4.09. The van der Waals surface area contributed by atoms with Gasteiger partial charge in [0.15, 0.2) is 0 Å². The first-order valence-electron chi connectivity index (χ1n) is 8.81. The largest absolute Gasteiger partial charge is 0.284 e. The summed E-state index contributed by atoms with van der Waals surface area (Å²) in [7, 11) is -3.31. The molecule has 0 radical (unpaired) electrons. The van der Waals surface area contributed by atoms with E-state index in [9.17, 15) is 8.42 Å². The van der Waals surface area contributed by atoms with Crippen molar-refractivity contribution in [1.82, 2.24) is 4.98 Å². The summed E-state index contributed by atoms with van der Waals surface area (Å²) in [6.07, 6.45) is 8.97. The molecule has 1 heterocycles. The minimum Gasteiger partial charge on any atom is -0.284 e. The van der Waals surface area contributed by atoms with Gasteiger partial charge in [0.1, 0.15) is 0 Å². The summed E-state index contributed by atoms with van der Waals surface area (Å²) in [6.45, 7) is 0. The summed E-state index contributed by atoms with van der Waals surface area (Å²) >= 11 is 0. The van der Waals surface area contributed by atoms with Crippen molar-refractivity contribution < 1.29 is 8.42 Å². The average molecular weight is 376 g/mol. The van der Waals surface area contributed by atoms with Gasteiger partial charge in [0.25, 0.3) is 0 Å². The van der Waals surface area contributed by atoms with E-state index in [-0.39, 0.29) is 0 Å². The van der Waals surface area contributed by atoms with E-state index >= 15 is 0 Å². The van der Waals surface area contributed by atoms with Crippen LogP contribution >= 0.6 is 0 Å². The minimum atomic E-state index is -3.31. The molecule has 0 atom stereocenters. The van der Waals surface area contributed by atoms with E-state index in [2.05, 4.69) is 46.1 Å². The van der Waals surface area contributed by atoms with Gasteiger partial charge in [0.05, 0.1) is 6.26 Å². The molecule has 0 saturated heterocycles. The van der Waals surface area contributed by atoms with Gasteiger partial charge in [-0.2, -0.15) is 0 Å². The van der Waals surface area contributed by atoms with Crippen LogP contribution in [-0.4, -0.2) is 19.7 Å². The van der Waals surface area contributed by atoms with E-state index in [1.807, 2.05) is 30.6 Å². The first-order valence-corrected chi connectivity index (χ1v) is 10.7. The van der Waals surface area contributed by atoms with Crippen molar-refractivity contribution >= 4 is 27.4 Å². The molecule has 1 aliphatic carbocycles. The van der Waals surface area contributed by atoms with Crippen molar-refractivity contribution in [3.05, 3.63) is 94.8 Å². The maximum atomic E-state index is 11.5. The zero-order valence-corrected chi connectivity index (χ0v) is 15.8. The number of pyridine rings is 1. The number of rotatable bonds is 3. The second-order valence-corrected chi connectivity index (χ2v) is 8.50. The lowest BCUT2D eigenvalue weighted by Crippen LogP contribution is -2.09. The zero-order valence-electron chi connectivity index (χ0n) is 15.0. The van der Waals surface area contributed by atoms with Gasteiger partial charge in [-0.3, -0.25) is 9.71 Å². The van der Waals surface area contributed by atoms with Gasteiger partial charge >= 0.3 is 0 Å². The van der Waals surface area contributed by atoms with Crippen LogP contribution in [0.25, 0.3) is 11.6 Å². The molecule has 1 aliphatic rings. The lowest BCUT2D eigenvalue weighted by Gasteiger charge is -2.12. The van der Waals surface area contributed by atoms with Gasteiger partial charge in [-0.25, -0.2) is 8.42 Å². The second-order valence-electron chi connectivity index (χ2n) is 6.75. The highest BCUT2D eigenvalue weighted by molar-refractivity contribution is 7.92. The van der Waals surface area contributed by atoms with Crippen molar-refractivity contribution in [2.75, 3.05) is 11.0 Å². The first-order chi connectivity index (χ1) is 13.0. The highest BCUT2D eigenvalue weighted by Gasteiger charge is 2.17. The molecular formula is C22H20N2O2S. The summed E-state index contributed by atoms with van der Waals surface area (Å²) in [5, 5.41) is 0. The van der Waals surface area contributed by atoms with Crippen LogP contribution in [-0.2, 0) is 22.9 Å². The topological polar surface area (TPSA) is 59.1 Å². The van der Waals surface area contributed by atoms with E-state index in [1.165, 1.54) is 22.3 Å². The average Bonchev–Trinajstić information content (AvgIpc) is 2.79. The molecule has 27 heavy (non-hydrogen) atoms. The van der Waals surface area contributed by atoms with E-state index in [4.69, 9.17) is 0 Å². The standard InChI is InChI=1S/C22H20N2O2S/c1-27(25,26)24-19-7-4-5-16(13-19)14-22-20-8-3-2-6-17(20)9-10-18-15-23-12-11-21(18)22/h2-8,11-15,24H,9-10H2,1H3/b22-14+. The molecule has 0 saturated carbocycles. The number of aromatic nitrogens is 1. The van der Waals surface area contributed by atoms with E-state index < -0.39 is 10.0 Å². The Hall–Kier alpha value is -2.92. The van der Waals surface area contributed by atoms with Crippen molar-refractivity contribution in [1.29, 1.82) is 0 Å². The smallest absolute Gasteiger partial charge is 0.229 e. The molecule has 1 aromatic heterocycles. The number of nitrogens with one attached hydrogen (secondary N) is 1. The molecule has 1 N–H and O–H groups in total. The highest BCUT2D eigenvalue weighted by Crippen LogP contribution is 2.34. The number of anilines is 1. The molecular weight excluding hydrogens is 356 g/mol. The molecule has 0 spiro atoms. The quantitative estimate of drug-likeness (QED) is 0.747. The Balaban J connectivity index is 1.87.